The number of aliphatic imine (C=N–C) groups is 1. The first-order valence-corrected chi connectivity index (χ1v) is 11.6. The summed E-state index contributed by atoms with van der Waals surface area (Å²) in [6.45, 7) is 4.61. The summed E-state index contributed by atoms with van der Waals surface area (Å²) in [5, 5.41) is 0. The fourth-order valence-electron chi connectivity index (χ4n) is 4.85. The van der Waals surface area contributed by atoms with Crippen molar-refractivity contribution in [2.75, 3.05) is 0 Å². The molecule has 1 saturated carbocycles. The Morgan fingerprint density at radius 3 is 2.00 bits per heavy atom. The Kier molecular flexibility index (Phi) is 10.5. The molecule has 1 aliphatic carbocycles. The first kappa shape index (κ1) is 20.7. The predicted molar refractivity (Wildman–Crippen MR) is 112 cm³/mol. The Morgan fingerprint density at radius 1 is 0.720 bits per heavy atom. The molecule has 1 heteroatoms. The van der Waals surface area contributed by atoms with Gasteiger partial charge in [0, 0.05) is 17.8 Å². The van der Waals surface area contributed by atoms with E-state index in [0.717, 1.165) is 11.8 Å². The highest BCUT2D eigenvalue weighted by atomic mass is 14.7. The second kappa shape index (κ2) is 12.7. The Hall–Kier alpha value is -0.590. The van der Waals surface area contributed by atoms with Crippen LogP contribution in [-0.4, -0.2) is 5.71 Å². The second-order valence-corrected chi connectivity index (χ2v) is 8.50. The molecule has 0 N–H and O–H groups in total. The molecule has 25 heavy (non-hydrogen) atoms. The van der Waals surface area contributed by atoms with Crippen molar-refractivity contribution in [3.05, 3.63) is 11.8 Å². The van der Waals surface area contributed by atoms with Crippen LogP contribution in [0.25, 0.3) is 0 Å². The van der Waals surface area contributed by atoms with Gasteiger partial charge in [0.15, 0.2) is 0 Å². The number of hydrogen-bond donors (Lipinski definition) is 0. The average Bonchev–Trinajstić information content (AvgIpc) is 2.75. The summed E-state index contributed by atoms with van der Waals surface area (Å²) in [7, 11) is 0. The monoisotopic (exact) mass is 345 g/mol. The van der Waals surface area contributed by atoms with E-state index in [1.165, 1.54) is 109 Å². The number of rotatable bonds is 10. The van der Waals surface area contributed by atoms with E-state index in [1.54, 1.807) is 11.3 Å². The van der Waals surface area contributed by atoms with Gasteiger partial charge in [0.2, 0.25) is 0 Å². The quantitative estimate of drug-likeness (QED) is 0.353. The third-order valence-corrected chi connectivity index (χ3v) is 6.42. The fraction of sp³-hybridized carbons (Fsp3) is 0.875. The minimum absolute atomic E-state index is 0.783. The van der Waals surface area contributed by atoms with E-state index in [0.29, 0.717) is 0 Å². The minimum Gasteiger partial charge on any atom is -0.265 e. The highest BCUT2D eigenvalue weighted by molar-refractivity contribution is 5.88. The van der Waals surface area contributed by atoms with Crippen LogP contribution in [0.1, 0.15) is 123 Å². The molecule has 2 rings (SSSR count). The standard InChI is InChI=1S/C24H43N/c1-3-5-7-12-16-21-20-25-24(19-15-8-6-4-2)23-18-14-11-9-10-13-17-22(21)23/h20,22-23H,3-19H2,1-2H3. The van der Waals surface area contributed by atoms with Crippen molar-refractivity contribution in [3.8, 4) is 0 Å². The predicted octanol–water partition coefficient (Wildman–Crippen LogP) is 8.24. The van der Waals surface area contributed by atoms with Gasteiger partial charge in [-0.2, -0.15) is 0 Å². The van der Waals surface area contributed by atoms with Gasteiger partial charge in [0.1, 0.15) is 0 Å². The topological polar surface area (TPSA) is 12.4 Å². The molecule has 1 heterocycles. The SMILES string of the molecule is CCCCCCC1=CN=C(CCCCCC)C2CCCCCCCC12. The van der Waals surface area contributed by atoms with Crippen LogP contribution in [0.15, 0.2) is 16.8 Å². The summed E-state index contributed by atoms with van der Waals surface area (Å²) >= 11 is 0. The van der Waals surface area contributed by atoms with Gasteiger partial charge in [-0.05, 0) is 50.0 Å². The van der Waals surface area contributed by atoms with Crippen LogP contribution < -0.4 is 0 Å². The normalized spacial score (nSPS) is 24.6. The molecule has 0 amide bonds. The van der Waals surface area contributed by atoms with Crippen LogP contribution in [0.4, 0.5) is 0 Å². The van der Waals surface area contributed by atoms with Gasteiger partial charge in [-0.25, -0.2) is 0 Å². The van der Waals surface area contributed by atoms with E-state index in [-0.39, 0.29) is 0 Å². The van der Waals surface area contributed by atoms with Gasteiger partial charge in [-0.15, -0.1) is 0 Å². The molecule has 0 radical (unpaired) electrons. The third kappa shape index (κ3) is 7.27. The van der Waals surface area contributed by atoms with Crippen LogP contribution in [0, 0.1) is 11.8 Å². The van der Waals surface area contributed by atoms with Gasteiger partial charge < -0.3 is 0 Å². The molecular weight excluding hydrogens is 302 g/mol. The smallest absolute Gasteiger partial charge is 0.0262 e. The summed E-state index contributed by atoms with van der Waals surface area (Å²) in [6.07, 6.45) is 25.9. The van der Waals surface area contributed by atoms with Crippen molar-refractivity contribution in [2.45, 2.75) is 123 Å². The lowest BCUT2D eigenvalue weighted by Crippen LogP contribution is -2.28. The first-order chi connectivity index (χ1) is 12.4. The lowest BCUT2D eigenvalue weighted by Gasteiger charge is -2.33. The summed E-state index contributed by atoms with van der Waals surface area (Å²) in [5.41, 5.74) is 3.28. The Labute approximate surface area is 157 Å². The van der Waals surface area contributed by atoms with E-state index in [9.17, 15) is 0 Å². The van der Waals surface area contributed by atoms with Crippen LogP contribution >= 0.6 is 0 Å². The minimum atomic E-state index is 0.783. The van der Waals surface area contributed by atoms with Crippen LogP contribution in [0.3, 0.4) is 0 Å². The number of allylic oxidation sites excluding steroid dienone is 1. The summed E-state index contributed by atoms with van der Waals surface area (Å²) in [4.78, 5) is 5.05. The maximum atomic E-state index is 5.05. The third-order valence-electron chi connectivity index (χ3n) is 6.42. The number of nitrogens with zero attached hydrogens (tertiary/aromatic N) is 1. The first-order valence-electron chi connectivity index (χ1n) is 11.6. The molecule has 0 aromatic carbocycles. The molecule has 2 atom stereocenters. The summed E-state index contributed by atoms with van der Waals surface area (Å²) in [6, 6.07) is 0. The number of fused-ring (bicyclic) bond motifs is 1. The molecule has 0 aromatic heterocycles. The molecule has 0 spiro atoms. The highest BCUT2D eigenvalue weighted by Gasteiger charge is 2.31. The molecular formula is C24H43N. The Balaban J connectivity index is 2.00. The average molecular weight is 346 g/mol. The molecule has 0 bridgehead atoms. The van der Waals surface area contributed by atoms with Gasteiger partial charge in [0.05, 0.1) is 0 Å². The summed E-state index contributed by atoms with van der Waals surface area (Å²) in [5.74, 6) is 1.62. The van der Waals surface area contributed by atoms with E-state index >= 15 is 0 Å². The fourth-order valence-corrected chi connectivity index (χ4v) is 4.85. The highest BCUT2D eigenvalue weighted by Crippen LogP contribution is 2.39. The molecule has 1 aliphatic heterocycles. The van der Waals surface area contributed by atoms with E-state index in [4.69, 9.17) is 4.99 Å². The van der Waals surface area contributed by atoms with Gasteiger partial charge in [0.25, 0.3) is 0 Å². The molecule has 1 nitrogen and oxygen atoms in total. The van der Waals surface area contributed by atoms with Crippen molar-refractivity contribution >= 4 is 5.71 Å². The van der Waals surface area contributed by atoms with Gasteiger partial charge in [-0.1, -0.05) is 84.5 Å². The van der Waals surface area contributed by atoms with E-state index < -0.39 is 0 Å². The van der Waals surface area contributed by atoms with Crippen molar-refractivity contribution in [1.29, 1.82) is 0 Å². The largest absolute Gasteiger partial charge is 0.265 e. The molecule has 1 fully saturated rings. The van der Waals surface area contributed by atoms with Gasteiger partial charge >= 0.3 is 0 Å². The van der Waals surface area contributed by atoms with Gasteiger partial charge in [-0.3, -0.25) is 4.99 Å². The maximum absolute atomic E-state index is 5.05. The molecule has 0 saturated heterocycles. The van der Waals surface area contributed by atoms with Crippen molar-refractivity contribution in [1.82, 2.24) is 0 Å². The second-order valence-electron chi connectivity index (χ2n) is 8.50. The number of hydrogen-bond acceptors (Lipinski definition) is 1. The Morgan fingerprint density at radius 2 is 1.32 bits per heavy atom. The molecule has 2 unspecified atom stereocenters. The zero-order chi connectivity index (χ0) is 17.7. The molecule has 0 aromatic rings. The zero-order valence-corrected chi connectivity index (χ0v) is 17.2. The number of unbranched alkanes of at least 4 members (excludes halogenated alkanes) is 6. The molecule has 144 valence electrons. The summed E-state index contributed by atoms with van der Waals surface area (Å²) < 4.78 is 0. The lowest BCUT2D eigenvalue weighted by molar-refractivity contribution is 0.391. The van der Waals surface area contributed by atoms with Crippen molar-refractivity contribution < 1.29 is 0 Å². The van der Waals surface area contributed by atoms with E-state index in [1.807, 2.05) is 0 Å². The van der Waals surface area contributed by atoms with Crippen LogP contribution in [0.2, 0.25) is 0 Å². The lowest BCUT2D eigenvalue weighted by atomic mass is 9.74. The zero-order valence-electron chi connectivity index (χ0n) is 17.2. The van der Waals surface area contributed by atoms with Crippen LogP contribution in [-0.2, 0) is 0 Å². The maximum Gasteiger partial charge on any atom is 0.0262 e. The van der Waals surface area contributed by atoms with Crippen molar-refractivity contribution in [3.63, 3.8) is 0 Å². The van der Waals surface area contributed by atoms with Crippen LogP contribution in [0.5, 0.6) is 0 Å². The Bertz CT molecular complexity index is 368. The van der Waals surface area contributed by atoms with Crippen molar-refractivity contribution in [2.24, 2.45) is 16.8 Å². The van der Waals surface area contributed by atoms with E-state index in [2.05, 4.69) is 20.0 Å². The molecule has 2 aliphatic rings.